The first-order valence-corrected chi connectivity index (χ1v) is 8.18. The lowest BCUT2D eigenvalue weighted by Crippen LogP contribution is -2.58. The van der Waals surface area contributed by atoms with Crippen molar-refractivity contribution in [2.75, 3.05) is 31.6 Å². The molecule has 0 radical (unpaired) electrons. The minimum absolute atomic E-state index is 0.0427. The van der Waals surface area contributed by atoms with E-state index in [-0.39, 0.29) is 23.3 Å². The number of aryl methyl sites for hydroxylation is 2. The predicted octanol–water partition coefficient (Wildman–Crippen LogP) is 1.28. The van der Waals surface area contributed by atoms with Gasteiger partial charge in [-0.15, -0.1) is 0 Å². The number of rotatable bonds is 0. The van der Waals surface area contributed by atoms with Gasteiger partial charge in [0, 0.05) is 26.2 Å². The van der Waals surface area contributed by atoms with Crippen molar-refractivity contribution in [3.8, 4) is 5.75 Å². The third-order valence-corrected chi connectivity index (χ3v) is 5.30. The normalized spacial score (nSPS) is 23.8. The highest BCUT2D eigenvalue weighted by Crippen LogP contribution is 2.39. The summed E-state index contributed by atoms with van der Waals surface area (Å²) in [5.74, 6) is 0.391. The molecule has 2 atom stereocenters. The Balaban J connectivity index is 2.05. The van der Waals surface area contributed by atoms with Crippen molar-refractivity contribution in [2.45, 2.75) is 25.9 Å². The molecule has 6 nitrogen and oxygen atoms in total. The zero-order valence-corrected chi connectivity index (χ0v) is 14.3. The molecular formula is C17H21FN4O2. The number of likely N-dealkylation sites (N-methyl/N-ethyl adjacent to an activating group) is 1. The standard InChI is InChI=1S/C17H21FN4O2/c1-9-5-12-13-15(14(9)18)24-8-11-7-20(3)10(2)6-22(11)16(13)19-17(23)21(12)4/h5,10-11H,6-8H2,1-4H3. The van der Waals surface area contributed by atoms with Crippen LogP contribution in [-0.2, 0) is 7.05 Å². The van der Waals surface area contributed by atoms with Crippen LogP contribution in [0.4, 0.5) is 10.2 Å². The summed E-state index contributed by atoms with van der Waals surface area (Å²) in [7, 11) is 3.72. The van der Waals surface area contributed by atoms with Gasteiger partial charge < -0.3 is 9.64 Å². The fourth-order valence-corrected chi connectivity index (χ4v) is 3.66. The molecule has 0 N–H and O–H groups in total. The molecule has 1 aromatic carbocycles. The van der Waals surface area contributed by atoms with Crippen molar-refractivity contribution >= 4 is 16.7 Å². The van der Waals surface area contributed by atoms with E-state index in [0.29, 0.717) is 34.9 Å². The molecule has 0 spiro atoms. The third kappa shape index (κ3) is 2.04. The SMILES string of the molecule is Cc1cc2c3c(nc(=O)n2C)N2CC(C)N(C)CC2COc3c1F. The largest absolute Gasteiger partial charge is 0.487 e. The number of anilines is 1. The number of benzene rings is 1. The lowest BCUT2D eigenvalue weighted by molar-refractivity contribution is 0.164. The Hall–Kier alpha value is -2.15. The van der Waals surface area contributed by atoms with Crippen LogP contribution >= 0.6 is 0 Å². The monoisotopic (exact) mass is 332 g/mol. The van der Waals surface area contributed by atoms with Crippen LogP contribution in [0, 0.1) is 12.7 Å². The number of nitrogens with zero attached hydrogens (tertiary/aromatic N) is 4. The Labute approximate surface area is 139 Å². The molecule has 0 aliphatic carbocycles. The summed E-state index contributed by atoms with van der Waals surface area (Å²) >= 11 is 0. The van der Waals surface area contributed by atoms with Crippen molar-refractivity contribution in [1.29, 1.82) is 0 Å². The van der Waals surface area contributed by atoms with Gasteiger partial charge in [-0.05, 0) is 32.5 Å². The molecule has 2 aromatic rings. The minimum atomic E-state index is -0.370. The van der Waals surface area contributed by atoms with Gasteiger partial charge >= 0.3 is 5.69 Å². The maximum atomic E-state index is 14.7. The fraction of sp³-hybridized carbons (Fsp3) is 0.529. The van der Waals surface area contributed by atoms with Gasteiger partial charge in [-0.2, -0.15) is 4.98 Å². The number of ether oxygens (including phenoxy) is 1. The van der Waals surface area contributed by atoms with Crippen LogP contribution in [0.5, 0.6) is 5.75 Å². The molecule has 2 aliphatic heterocycles. The molecular weight excluding hydrogens is 311 g/mol. The van der Waals surface area contributed by atoms with E-state index in [4.69, 9.17) is 4.74 Å². The first-order valence-electron chi connectivity index (χ1n) is 8.18. The number of piperazine rings is 1. The Morgan fingerprint density at radius 1 is 1.33 bits per heavy atom. The smallest absolute Gasteiger partial charge is 0.349 e. The molecule has 1 fully saturated rings. The molecule has 1 aromatic heterocycles. The molecule has 1 saturated heterocycles. The van der Waals surface area contributed by atoms with Crippen molar-refractivity contribution in [3.63, 3.8) is 0 Å². The number of fused-ring (bicyclic) bond motifs is 2. The average Bonchev–Trinajstić information content (AvgIpc) is 2.68. The number of halogens is 1. The first-order chi connectivity index (χ1) is 11.4. The summed E-state index contributed by atoms with van der Waals surface area (Å²) in [5, 5.41) is 0.597. The van der Waals surface area contributed by atoms with Gasteiger partial charge in [0.15, 0.2) is 11.6 Å². The molecule has 24 heavy (non-hydrogen) atoms. The van der Waals surface area contributed by atoms with Crippen molar-refractivity contribution in [3.05, 3.63) is 27.9 Å². The maximum absolute atomic E-state index is 14.7. The van der Waals surface area contributed by atoms with Gasteiger partial charge in [0.25, 0.3) is 0 Å². The van der Waals surface area contributed by atoms with Crippen LogP contribution in [0.2, 0.25) is 0 Å². The van der Waals surface area contributed by atoms with Gasteiger partial charge in [-0.25, -0.2) is 9.18 Å². The number of aromatic nitrogens is 2. The Morgan fingerprint density at radius 2 is 2.08 bits per heavy atom. The lowest BCUT2D eigenvalue weighted by Gasteiger charge is -2.43. The lowest BCUT2D eigenvalue weighted by atomic mass is 10.1. The van der Waals surface area contributed by atoms with Crippen molar-refractivity contribution in [1.82, 2.24) is 14.5 Å². The zero-order valence-electron chi connectivity index (χ0n) is 14.3. The van der Waals surface area contributed by atoms with E-state index in [1.54, 1.807) is 20.0 Å². The third-order valence-electron chi connectivity index (χ3n) is 5.30. The molecule has 0 amide bonds. The fourth-order valence-electron chi connectivity index (χ4n) is 3.66. The Morgan fingerprint density at radius 3 is 2.83 bits per heavy atom. The molecule has 7 heteroatoms. The maximum Gasteiger partial charge on any atom is 0.349 e. The topological polar surface area (TPSA) is 50.6 Å². The van der Waals surface area contributed by atoms with Crippen LogP contribution in [0.25, 0.3) is 10.9 Å². The summed E-state index contributed by atoms with van der Waals surface area (Å²) in [4.78, 5) is 21.0. The molecule has 2 unspecified atom stereocenters. The van der Waals surface area contributed by atoms with Crippen LogP contribution < -0.4 is 15.3 Å². The Kier molecular flexibility index (Phi) is 3.32. The summed E-state index contributed by atoms with van der Waals surface area (Å²) in [6.45, 7) is 5.72. The highest BCUT2D eigenvalue weighted by Gasteiger charge is 2.36. The van der Waals surface area contributed by atoms with E-state index in [1.165, 1.54) is 4.57 Å². The summed E-state index contributed by atoms with van der Waals surface area (Å²) in [6.07, 6.45) is 0. The summed E-state index contributed by atoms with van der Waals surface area (Å²) in [6, 6.07) is 2.06. The molecule has 3 heterocycles. The van der Waals surface area contributed by atoms with E-state index in [0.717, 1.165) is 13.1 Å². The number of hydrogen-bond acceptors (Lipinski definition) is 5. The first kappa shape index (κ1) is 15.4. The van der Waals surface area contributed by atoms with Crippen molar-refractivity contribution in [2.24, 2.45) is 7.05 Å². The van der Waals surface area contributed by atoms with E-state index >= 15 is 0 Å². The Bertz CT molecular complexity index is 895. The summed E-state index contributed by atoms with van der Waals surface area (Å²) in [5.41, 5.74) is 0.794. The quantitative estimate of drug-likeness (QED) is 0.727. The van der Waals surface area contributed by atoms with Crippen LogP contribution in [0.1, 0.15) is 12.5 Å². The zero-order chi connectivity index (χ0) is 17.2. The predicted molar refractivity (Wildman–Crippen MR) is 90.4 cm³/mol. The second-order valence-electron chi connectivity index (χ2n) is 6.91. The molecule has 0 bridgehead atoms. The van der Waals surface area contributed by atoms with Gasteiger partial charge in [0.1, 0.15) is 12.4 Å². The number of hydrogen-bond donors (Lipinski definition) is 0. The van der Waals surface area contributed by atoms with Crippen molar-refractivity contribution < 1.29 is 9.13 Å². The highest BCUT2D eigenvalue weighted by molar-refractivity contribution is 5.96. The van der Waals surface area contributed by atoms with Gasteiger partial charge in [-0.1, -0.05) is 0 Å². The molecule has 128 valence electrons. The second-order valence-corrected chi connectivity index (χ2v) is 6.91. The van der Waals surface area contributed by atoms with E-state index in [2.05, 4.69) is 28.8 Å². The van der Waals surface area contributed by atoms with Gasteiger partial charge in [0.2, 0.25) is 0 Å². The van der Waals surface area contributed by atoms with E-state index < -0.39 is 0 Å². The second kappa shape index (κ2) is 5.17. The highest BCUT2D eigenvalue weighted by atomic mass is 19.1. The van der Waals surface area contributed by atoms with Crippen LogP contribution in [0.3, 0.4) is 0 Å². The summed E-state index contributed by atoms with van der Waals surface area (Å²) < 4.78 is 22.1. The molecule has 0 saturated carbocycles. The molecule has 4 rings (SSSR count). The average molecular weight is 332 g/mol. The minimum Gasteiger partial charge on any atom is -0.487 e. The molecule has 2 aliphatic rings. The van der Waals surface area contributed by atoms with E-state index in [1.807, 2.05) is 0 Å². The van der Waals surface area contributed by atoms with Gasteiger partial charge in [0.05, 0.1) is 16.9 Å². The van der Waals surface area contributed by atoms with Gasteiger partial charge in [-0.3, -0.25) is 9.47 Å². The van der Waals surface area contributed by atoms with Crippen LogP contribution in [-0.4, -0.2) is 53.3 Å². The van der Waals surface area contributed by atoms with E-state index in [9.17, 15) is 9.18 Å². The van der Waals surface area contributed by atoms with Crippen LogP contribution in [0.15, 0.2) is 10.9 Å².